The SMILES string of the molecule is CC1=NC(=O)N(C)C(=O)C1Cc1nnc(SCC#N)o1. The van der Waals surface area contributed by atoms with Gasteiger partial charge in [-0.15, -0.1) is 10.2 Å². The Balaban J connectivity index is 2.11. The van der Waals surface area contributed by atoms with Crippen molar-refractivity contribution in [2.24, 2.45) is 10.9 Å². The minimum absolute atomic E-state index is 0.186. The van der Waals surface area contributed by atoms with Crippen LogP contribution >= 0.6 is 11.8 Å². The molecule has 2 rings (SSSR count). The van der Waals surface area contributed by atoms with Crippen LogP contribution in [0, 0.1) is 17.2 Å². The van der Waals surface area contributed by atoms with Gasteiger partial charge in [0.1, 0.15) is 0 Å². The van der Waals surface area contributed by atoms with Gasteiger partial charge in [-0.05, 0) is 6.92 Å². The summed E-state index contributed by atoms with van der Waals surface area (Å²) in [6, 6.07) is 1.38. The topological polar surface area (TPSA) is 112 Å². The van der Waals surface area contributed by atoms with Gasteiger partial charge in [0.05, 0.1) is 17.7 Å². The quantitative estimate of drug-likeness (QED) is 0.758. The van der Waals surface area contributed by atoms with Gasteiger partial charge < -0.3 is 4.42 Å². The van der Waals surface area contributed by atoms with E-state index in [4.69, 9.17) is 9.68 Å². The highest BCUT2D eigenvalue weighted by molar-refractivity contribution is 7.99. The molecule has 1 aromatic heterocycles. The third-order valence-corrected chi connectivity index (χ3v) is 3.46. The summed E-state index contributed by atoms with van der Waals surface area (Å²) in [5.41, 5.74) is 0.433. The first-order valence-electron chi connectivity index (χ1n) is 5.71. The van der Waals surface area contributed by atoms with Crippen molar-refractivity contribution < 1.29 is 14.0 Å². The number of hydrogen-bond acceptors (Lipinski definition) is 7. The summed E-state index contributed by atoms with van der Waals surface area (Å²) >= 11 is 1.12. The third kappa shape index (κ3) is 2.85. The molecule has 2 heterocycles. The molecule has 0 bridgehead atoms. The largest absolute Gasteiger partial charge is 0.416 e. The Morgan fingerprint density at radius 2 is 2.20 bits per heavy atom. The lowest BCUT2D eigenvalue weighted by Crippen LogP contribution is -2.44. The van der Waals surface area contributed by atoms with Crippen molar-refractivity contribution in [3.8, 4) is 6.07 Å². The van der Waals surface area contributed by atoms with Crippen molar-refractivity contribution in [3.63, 3.8) is 0 Å². The van der Waals surface area contributed by atoms with E-state index in [1.165, 1.54) is 7.05 Å². The lowest BCUT2D eigenvalue weighted by atomic mass is 9.97. The van der Waals surface area contributed by atoms with Gasteiger partial charge in [0.2, 0.25) is 11.8 Å². The molecular weight excluding hydrogens is 282 g/mol. The maximum Gasteiger partial charge on any atom is 0.349 e. The van der Waals surface area contributed by atoms with E-state index in [9.17, 15) is 9.59 Å². The monoisotopic (exact) mass is 293 g/mol. The highest BCUT2D eigenvalue weighted by atomic mass is 32.2. The number of carbonyl (C=O) groups is 2. The molecule has 1 aromatic rings. The molecule has 1 aliphatic rings. The number of nitriles is 1. The number of nitrogens with zero attached hydrogens (tertiary/aromatic N) is 5. The van der Waals surface area contributed by atoms with E-state index in [1.54, 1.807) is 6.92 Å². The summed E-state index contributed by atoms with van der Waals surface area (Å²) < 4.78 is 5.33. The van der Waals surface area contributed by atoms with Crippen molar-refractivity contribution in [1.29, 1.82) is 5.26 Å². The fourth-order valence-corrected chi connectivity index (χ4v) is 2.13. The molecule has 0 fully saturated rings. The van der Waals surface area contributed by atoms with Crippen LogP contribution in [0.15, 0.2) is 14.6 Å². The van der Waals surface area contributed by atoms with Gasteiger partial charge in [0, 0.05) is 19.2 Å². The van der Waals surface area contributed by atoms with Gasteiger partial charge in [-0.2, -0.15) is 5.26 Å². The molecule has 0 aliphatic carbocycles. The molecule has 1 aliphatic heterocycles. The predicted octanol–water partition coefficient (Wildman–Crippen LogP) is 0.897. The Kier molecular flexibility index (Phi) is 4.14. The Morgan fingerprint density at radius 1 is 1.45 bits per heavy atom. The first kappa shape index (κ1) is 14.2. The van der Waals surface area contributed by atoms with Gasteiger partial charge in [-0.1, -0.05) is 11.8 Å². The van der Waals surface area contributed by atoms with E-state index >= 15 is 0 Å². The number of aliphatic imine (C=N–C) groups is 1. The Morgan fingerprint density at radius 3 is 2.90 bits per heavy atom. The fraction of sp³-hybridized carbons (Fsp3) is 0.455. The lowest BCUT2D eigenvalue weighted by molar-refractivity contribution is -0.129. The summed E-state index contributed by atoms with van der Waals surface area (Å²) in [4.78, 5) is 28.1. The molecule has 104 valence electrons. The van der Waals surface area contributed by atoms with Gasteiger partial charge in [0.15, 0.2) is 0 Å². The maximum atomic E-state index is 12.0. The predicted molar refractivity (Wildman–Crippen MR) is 69.1 cm³/mol. The number of imide groups is 1. The van der Waals surface area contributed by atoms with Gasteiger partial charge >= 0.3 is 6.03 Å². The number of hydrogen-bond donors (Lipinski definition) is 0. The molecule has 0 aromatic carbocycles. The number of urea groups is 1. The second kappa shape index (κ2) is 5.83. The fourth-order valence-electron chi connectivity index (χ4n) is 1.69. The first-order chi connectivity index (χ1) is 9.52. The van der Waals surface area contributed by atoms with E-state index in [2.05, 4.69) is 15.2 Å². The highest BCUT2D eigenvalue weighted by Crippen LogP contribution is 2.20. The van der Waals surface area contributed by atoms with Crippen LogP contribution in [0.5, 0.6) is 0 Å². The number of amides is 3. The number of rotatable bonds is 4. The van der Waals surface area contributed by atoms with Gasteiger partial charge in [-0.25, -0.2) is 9.79 Å². The summed E-state index contributed by atoms with van der Waals surface area (Å²) in [6.07, 6.45) is 0.186. The van der Waals surface area contributed by atoms with E-state index < -0.39 is 11.9 Å². The molecule has 8 nitrogen and oxygen atoms in total. The van der Waals surface area contributed by atoms with E-state index in [1.807, 2.05) is 6.07 Å². The van der Waals surface area contributed by atoms with Crippen LogP contribution in [0.2, 0.25) is 0 Å². The van der Waals surface area contributed by atoms with Crippen molar-refractivity contribution >= 4 is 29.4 Å². The highest BCUT2D eigenvalue weighted by Gasteiger charge is 2.34. The molecule has 20 heavy (non-hydrogen) atoms. The standard InChI is InChI=1S/C11H11N5O3S/c1-6-7(9(17)16(2)10(18)13-6)5-8-14-15-11(19-8)20-4-3-12/h7H,4-5H2,1-2H3. The van der Waals surface area contributed by atoms with Gasteiger partial charge in [-0.3, -0.25) is 9.69 Å². The summed E-state index contributed by atoms with van der Waals surface area (Å²) in [6.45, 7) is 1.62. The molecule has 0 radical (unpaired) electrons. The average Bonchev–Trinajstić information content (AvgIpc) is 2.86. The van der Waals surface area contributed by atoms with E-state index in [-0.39, 0.29) is 29.2 Å². The molecule has 1 unspecified atom stereocenters. The average molecular weight is 293 g/mol. The molecule has 0 saturated heterocycles. The minimum atomic E-state index is -0.577. The van der Waals surface area contributed by atoms with Crippen molar-refractivity contribution in [1.82, 2.24) is 15.1 Å². The molecule has 3 amide bonds. The summed E-state index contributed by atoms with van der Waals surface area (Å²) in [5, 5.41) is 16.3. The molecule has 0 saturated carbocycles. The normalized spacial score (nSPS) is 18.9. The van der Waals surface area contributed by atoms with Crippen LogP contribution in [-0.2, 0) is 11.2 Å². The summed E-state index contributed by atoms with van der Waals surface area (Å²) in [5.74, 6) is -0.429. The Bertz CT molecular complexity index is 618. The van der Waals surface area contributed by atoms with Crippen LogP contribution in [0.25, 0.3) is 0 Å². The van der Waals surface area contributed by atoms with E-state index in [0.717, 1.165) is 16.7 Å². The second-order valence-electron chi connectivity index (χ2n) is 4.10. The first-order valence-corrected chi connectivity index (χ1v) is 6.70. The maximum absolute atomic E-state index is 12.0. The van der Waals surface area contributed by atoms with Crippen molar-refractivity contribution in [2.75, 3.05) is 12.8 Å². The minimum Gasteiger partial charge on any atom is -0.416 e. The molecule has 0 spiro atoms. The second-order valence-corrected chi connectivity index (χ2v) is 5.02. The Labute approximate surface area is 118 Å². The number of carbonyl (C=O) groups excluding carboxylic acids is 2. The van der Waals surface area contributed by atoms with Crippen LogP contribution in [0.3, 0.4) is 0 Å². The smallest absolute Gasteiger partial charge is 0.349 e. The zero-order chi connectivity index (χ0) is 14.7. The molecule has 0 N–H and O–H groups in total. The van der Waals surface area contributed by atoms with Crippen LogP contribution in [-0.4, -0.2) is 45.5 Å². The van der Waals surface area contributed by atoms with Crippen LogP contribution in [0.1, 0.15) is 12.8 Å². The molecular formula is C11H11N5O3S. The third-order valence-electron chi connectivity index (χ3n) is 2.78. The molecule has 1 atom stereocenters. The van der Waals surface area contributed by atoms with E-state index in [0.29, 0.717) is 5.71 Å². The Hall–Kier alpha value is -2.21. The summed E-state index contributed by atoms with van der Waals surface area (Å²) in [7, 11) is 1.38. The lowest BCUT2D eigenvalue weighted by Gasteiger charge is -2.24. The van der Waals surface area contributed by atoms with Gasteiger partial charge in [0.25, 0.3) is 5.22 Å². The van der Waals surface area contributed by atoms with Crippen LogP contribution in [0.4, 0.5) is 4.79 Å². The van der Waals surface area contributed by atoms with Crippen molar-refractivity contribution in [2.45, 2.75) is 18.6 Å². The van der Waals surface area contributed by atoms with Crippen molar-refractivity contribution in [3.05, 3.63) is 5.89 Å². The zero-order valence-electron chi connectivity index (χ0n) is 10.9. The number of thioether (sulfide) groups is 1. The number of aromatic nitrogens is 2. The zero-order valence-corrected chi connectivity index (χ0v) is 11.7. The van der Waals surface area contributed by atoms with Crippen LogP contribution < -0.4 is 0 Å². The molecule has 9 heteroatoms.